The predicted octanol–water partition coefficient (Wildman–Crippen LogP) is 0.414. The lowest BCUT2D eigenvalue weighted by Crippen LogP contribution is -2.33. The molecule has 0 aliphatic rings. The molecule has 0 atom stereocenters. The molecule has 11 heteroatoms. The number of tetrazole rings is 1. The van der Waals surface area contributed by atoms with Gasteiger partial charge in [0.25, 0.3) is 5.91 Å². The van der Waals surface area contributed by atoms with E-state index in [1.807, 2.05) is 6.07 Å². The smallest absolute Gasteiger partial charge is 0.319 e. The zero-order valence-corrected chi connectivity index (χ0v) is 16.1. The van der Waals surface area contributed by atoms with Crippen LogP contribution in [0, 0.1) is 0 Å². The minimum absolute atomic E-state index is 0.226. The molecule has 0 fully saturated rings. The van der Waals surface area contributed by atoms with Gasteiger partial charge in [-0.2, -0.15) is 0 Å². The van der Waals surface area contributed by atoms with Crippen LogP contribution in [0.2, 0.25) is 0 Å². The first-order chi connectivity index (χ1) is 14.4. The summed E-state index contributed by atoms with van der Waals surface area (Å²) in [6.45, 7) is 0.0403. The molecule has 30 heavy (non-hydrogen) atoms. The number of anilines is 1. The Kier molecular flexibility index (Phi) is 6.33. The third-order valence-corrected chi connectivity index (χ3v) is 4.09. The number of carbonyl (C=O) groups excluding carboxylic acids is 3. The largest absolute Gasteiger partial charge is 0.368 e. The van der Waals surface area contributed by atoms with Crippen molar-refractivity contribution in [2.24, 2.45) is 12.8 Å². The van der Waals surface area contributed by atoms with Gasteiger partial charge in [-0.15, -0.1) is 5.10 Å². The summed E-state index contributed by atoms with van der Waals surface area (Å²) in [6.07, 6.45) is 0. The fourth-order valence-electron chi connectivity index (χ4n) is 2.61. The lowest BCUT2D eigenvalue weighted by atomic mass is 10.1. The molecule has 0 aliphatic carbocycles. The van der Waals surface area contributed by atoms with E-state index in [4.69, 9.17) is 5.73 Å². The molecule has 0 aliphatic heterocycles. The van der Waals surface area contributed by atoms with Crippen LogP contribution in [0.4, 0.5) is 10.5 Å². The van der Waals surface area contributed by atoms with E-state index in [1.54, 1.807) is 49.5 Å². The Morgan fingerprint density at radius 1 is 1.07 bits per heavy atom. The quantitative estimate of drug-likeness (QED) is 0.443. The highest BCUT2D eigenvalue weighted by molar-refractivity contribution is 5.96. The molecule has 11 nitrogen and oxygen atoms in total. The van der Waals surface area contributed by atoms with Gasteiger partial charge in [-0.05, 0) is 40.3 Å². The molecule has 3 rings (SSSR count). The van der Waals surface area contributed by atoms with Crippen molar-refractivity contribution in [1.29, 1.82) is 0 Å². The molecule has 5 N–H and O–H groups in total. The number of rotatable bonds is 7. The second-order valence-electron chi connectivity index (χ2n) is 6.36. The SMILES string of the molecule is Cn1nnnc1-c1cccc(NC(=O)NCc2ccc(C(=O)NCC(N)=O)cc2)c1. The average Bonchev–Trinajstić information content (AvgIpc) is 3.17. The van der Waals surface area contributed by atoms with Crippen LogP contribution in [0.15, 0.2) is 48.5 Å². The zero-order valence-electron chi connectivity index (χ0n) is 16.1. The van der Waals surface area contributed by atoms with Crippen molar-refractivity contribution in [3.8, 4) is 11.4 Å². The van der Waals surface area contributed by atoms with Gasteiger partial charge in [-0.1, -0.05) is 24.3 Å². The predicted molar refractivity (Wildman–Crippen MR) is 108 cm³/mol. The summed E-state index contributed by atoms with van der Waals surface area (Å²) in [4.78, 5) is 34.8. The molecule has 2 aromatic carbocycles. The minimum atomic E-state index is -0.617. The topological polar surface area (TPSA) is 157 Å². The third kappa shape index (κ3) is 5.38. The average molecular weight is 408 g/mol. The molecule has 0 unspecified atom stereocenters. The van der Waals surface area contributed by atoms with Crippen LogP contribution in [-0.4, -0.2) is 44.6 Å². The Morgan fingerprint density at radius 3 is 2.50 bits per heavy atom. The van der Waals surface area contributed by atoms with Crippen LogP contribution in [-0.2, 0) is 18.4 Å². The van der Waals surface area contributed by atoms with Crippen molar-refractivity contribution >= 4 is 23.5 Å². The van der Waals surface area contributed by atoms with Crippen molar-refractivity contribution in [3.63, 3.8) is 0 Å². The number of hydrogen-bond acceptors (Lipinski definition) is 6. The highest BCUT2D eigenvalue weighted by atomic mass is 16.2. The number of nitrogens with zero attached hydrogens (tertiary/aromatic N) is 4. The first-order valence-electron chi connectivity index (χ1n) is 8.95. The second-order valence-corrected chi connectivity index (χ2v) is 6.36. The number of primary amides is 1. The van der Waals surface area contributed by atoms with Gasteiger partial charge in [-0.25, -0.2) is 9.48 Å². The summed E-state index contributed by atoms with van der Waals surface area (Å²) in [7, 11) is 1.73. The number of carbonyl (C=O) groups is 3. The normalized spacial score (nSPS) is 10.3. The van der Waals surface area contributed by atoms with Crippen LogP contribution < -0.4 is 21.7 Å². The molecule has 1 heterocycles. The summed E-state index contributed by atoms with van der Waals surface area (Å²) in [6, 6.07) is 13.4. The number of aromatic nitrogens is 4. The van der Waals surface area contributed by atoms with E-state index in [9.17, 15) is 14.4 Å². The Morgan fingerprint density at radius 2 is 1.83 bits per heavy atom. The minimum Gasteiger partial charge on any atom is -0.368 e. The molecule has 0 radical (unpaired) electrons. The number of amides is 4. The Bertz CT molecular complexity index is 1060. The van der Waals surface area contributed by atoms with E-state index in [1.165, 1.54) is 4.68 Å². The highest BCUT2D eigenvalue weighted by Gasteiger charge is 2.09. The van der Waals surface area contributed by atoms with Crippen LogP contribution >= 0.6 is 0 Å². The van der Waals surface area contributed by atoms with Crippen molar-refractivity contribution in [2.45, 2.75) is 6.54 Å². The summed E-state index contributed by atoms with van der Waals surface area (Å²) in [5, 5.41) is 19.2. The van der Waals surface area contributed by atoms with E-state index in [0.717, 1.165) is 11.1 Å². The summed E-state index contributed by atoms with van der Waals surface area (Å²) in [5.41, 5.74) is 7.55. The van der Waals surface area contributed by atoms with E-state index in [2.05, 4.69) is 31.5 Å². The number of hydrogen-bond donors (Lipinski definition) is 4. The molecular formula is C19H20N8O3. The highest BCUT2D eigenvalue weighted by Crippen LogP contribution is 2.19. The summed E-state index contributed by atoms with van der Waals surface area (Å²) in [5.74, 6) is -0.433. The number of urea groups is 1. The maximum Gasteiger partial charge on any atom is 0.319 e. The van der Waals surface area contributed by atoms with E-state index < -0.39 is 11.8 Å². The molecule has 1 aromatic heterocycles. The fraction of sp³-hybridized carbons (Fsp3) is 0.158. The molecule has 0 saturated carbocycles. The Labute approximate surface area is 171 Å². The van der Waals surface area contributed by atoms with Gasteiger partial charge in [0, 0.05) is 30.4 Å². The van der Waals surface area contributed by atoms with Crippen LogP contribution in [0.1, 0.15) is 15.9 Å². The number of aryl methyl sites for hydroxylation is 1. The molecule has 0 spiro atoms. The van der Waals surface area contributed by atoms with Gasteiger partial charge >= 0.3 is 6.03 Å². The molecule has 0 bridgehead atoms. The van der Waals surface area contributed by atoms with Gasteiger partial charge < -0.3 is 21.7 Å². The first kappa shape index (κ1) is 20.5. The number of nitrogens with two attached hydrogens (primary N) is 1. The van der Waals surface area contributed by atoms with Crippen LogP contribution in [0.3, 0.4) is 0 Å². The van der Waals surface area contributed by atoms with E-state index in [0.29, 0.717) is 17.1 Å². The van der Waals surface area contributed by atoms with Crippen molar-refractivity contribution in [1.82, 2.24) is 30.8 Å². The molecule has 3 aromatic rings. The Balaban J connectivity index is 1.53. The lowest BCUT2D eigenvalue weighted by Gasteiger charge is -2.09. The van der Waals surface area contributed by atoms with Crippen LogP contribution in [0.25, 0.3) is 11.4 Å². The maximum absolute atomic E-state index is 12.2. The van der Waals surface area contributed by atoms with Crippen molar-refractivity contribution in [3.05, 3.63) is 59.7 Å². The zero-order chi connectivity index (χ0) is 21.5. The molecule has 154 valence electrons. The van der Waals surface area contributed by atoms with Gasteiger partial charge in [0.1, 0.15) is 0 Å². The third-order valence-electron chi connectivity index (χ3n) is 4.09. The van der Waals surface area contributed by atoms with Gasteiger partial charge in [0.15, 0.2) is 5.82 Å². The molecular weight excluding hydrogens is 388 g/mol. The molecule has 0 saturated heterocycles. The van der Waals surface area contributed by atoms with Gasteiger partial charge in [-0.3, -0.25) is 9.59 Å². The number of benzene rings is 2. The van der Waals surface area contributed by atoms with Crippen molar-refractivity contribution in [2.75, 3.05) is 11.9 Å². The van der Waals surface area contributed by atoms with Crippen molar-refractivity contribution < 1.29 is 14.4 Å². The summed E-state index contributed by atoms with van der Waals surface area (Å²) < 4.78 is 1.54. The van der Waals surface area contributed by atoms with Gasteiger partial charge in [0.2, 0.25) is 5.91 Å². The second kappa shape index (κ2) is 9.28. The summed E-state index contributed by atoms with van der Waals surface area (Å²) >= 11 is 0. The van der Waals surface area contributed by atoms with E-state index >= 15 is 0 Å². The number of nitrogens with one attached hydrogen (secondary N) is 3. The van der Waals surface area contributed by atoms with Crippen LogP contribution in [0.5, 0.6) is 0 Å². The lowest BCUT2D eigenvalue weighted by molar-refractivity contribution is -0.117. The van der Waals surface area contributed by atoms with Gasteiger partial charge in [0.05, 0.1) is 6.54 Å². The monoisotopic (exact) mass is 408 g/mol. The maximum atomic E-state index is 12.2. The first-order valence-corrected chi connectivity index (χ1v) is 8.95. The molecule has 4 amide bonds. The standard InChI is InChI=1S/C19H20N8O3/c1-27-17(24-25-26-27)14-3-2-4-15(9-14)23-19(30)22-10-12-5-7-13(8-6-12)18(29)21-11-16(20)28/h2-9H,10-11H2,1H3,(H2,20,28)(H,21,29)(H2,22,23,30). The Hall–Kier alpha value is -4.28. The fourth-order valence-corrected chi connectivity index (χ4v) is 2.61. The van der Waals surface area contributed by atoms with E-state index in [-0.39, 0.29) is 19.1 Å².